The molecule has 0 spiro atoms. The highest BCUT2D eigenvalue weighted by Gasteiger charge is 2.34. The molecule has 3 aromatic rings. The molecule has 4 nitrogen and oxygen atoms in total. The number of aromatic nitrogens is 1. The molecule has 2 aromatic carbocycles. The maximum absolute atomic E-state index is 13.6. The van der Waals surface area contributed by atoms with Gasteiger partial charge in [-0.2, -0.15) is 0 Å². The van der Waals surface area contributed by atoms with Gasteiger partial charge in [0, 0.05) is 13.1 Å². The largest absolute Gasteiger partial charge is 0.378 e. The number of hydrogen-bond acceptors (Lipinski definition) is 4. The van der Waals surface area contributed by atoms with Gasteiger partial charge in [0.1, 0.15) is 5.01 Å². The molecule has 2 heterocycles. The lowest BCUT2D eigenvalue weighted by Crippen LogP contribution is -2.44. The van der Waals surface area contributed by atoms with Crippen molar-refractivity contribution in [1.29, 1.82) is 0 Å². The summed E-state index contributed by atoms with van der Waals surface area (Å²) in [5, 5.41) is 0.889. The summed E-state index contributed by atoms with van der Waals surface area (Å²) in [5.41, 5.74) is 2.24. The Hall–Kier alpha value is -2.50. The first-order valence-corrected chi connectivity index (χ1v) is 11.0. The van der Waals surface area contributed by atoms with Crippen LogP contribution in [-0.4, -0.2) is 42.1 Å². The molecule has 5 heteroatoms. The van der Waals surface area contributed by atoms with Crippen LogP contribution in [0.4, 0.5) is 0 Å². The van der Waals surface area contributed by atoms with Gasteiger partial charge in [0.15, 0.2) is 0 Å². The smallest absolute Gasteiger partial charge is 0.233 e. The third kappa shape index (κ3) is 4.57. The molecule has 0 saturated carbocycles. The van der Waals surface area contributed by atoms with E-state index < -0.39 is 0 Å². The summed E-state index contributed by atoms with van der Waals surface area (Å²) in [6.07, 6.45) is 3.72. The number of fused-ring (bicyclic) bond motifs is 1. The number of morpholine rings is 1. The molecule has 0 radical (unpaired) electrons. The van der Waals surface area contributed by atoms with Crippen molar-refractivity contribution in [2.24, 2.45) is 5.92 Å². The van der Waals surface area contributed by atoms with Crippen molar-refractivity contribution in [3.63, 3.8) is 0 Å². The standard InChI is InChI=1S/C24H26N2O2S/c1-2-19(13-12-18-8-4-3-5-9-18)22(24(27)26-14-16-28-17-15-26)23-25-20-10-6-7-11-21(20)29-23/h2-11,19,22H,1,12-17H2/t19-,22+/m1/s1. The van der Waals surface area contributed by atoms with Crippen molar-refractivity contribution in [2.45, 2.75) is 18.8 Å². The number of para-hydroxylation sites is 1. The molecule has 1 aliphatic rings. The number of aryl methyl sites for hydroxylation is 1. The van der Waals surface area contributed by atoms with E-state index in [9.17, 15) is 4.79 Å². The summed E-state index contributed by atoms with van der Waals surface area (Å²) in [7, 11) is 0. The van der Waals surface area contributed by atoms with Gasteiger partial charge in [0.05, 0.1) is 29.3 Å². The van der Waals surface area contributed by atoms with Gasteiger partial charge in [-0.3, -0.25) is 4.79 Å². The lowest BCUT2D eigenvalue weighted by atomic mass is 9.86. The number of carbonyl (C=O) groups is 1. The molecule has 1 fully saturated rings. The molecular weight excluding hydrogens is 380 g/mol. The maximum Gasteiger partial charge on any atom is 0.233 e. The maximum atomic E-state index is 13.6. The Labute approximate surface area is 175 Å². The second-order valence-corrected chi connectivity index (χ2v) is 8.42. The fourth-order valence-electron chi connectivity index (χ4n) is 3.87. The van der Waals surface area contributed by atoms with Gasteiger partial charge >= 0.3 is 0 Å². The van der Waals surface area contributed by atoms with Crippen LogP contribution in [0.5, 0.6) is 0 Å². The molecule has 1 saturated heterocycles. The third-order valence-electron chi connectivity index (χ3n) is 5.51. The van der Waals surface area contributed by atoms with E-state index in [1.807, 2.05) is 35.2 Å². The van der Waals surface area contributed by atoms with Gasteiger partial charge in [0.2, 0.25) is 5.91 Å². The van der Waals surface area contributed by atoms with Crippen LogP contribution in [0.2, 0.25) is 0 Å². The first kappa shape index (κ1) is 19.8. The van der Waals surface area contributed by atoms with Gasteiger partial charge in [0.25, 0.3) is 0 Å². The zero-order chi connectivity index (χ0) is 20.1. The molecule has 1 amide bonds. The van der Waals surface area contributed by atoms with E-state index in [0.29, 0.717) is 26.3 Å². The van der Waals surface area contributed by atoms with Crippen LogP contribution in [0, 0.1) is 5.92 Å². The van der Waals surface area contributed by atoms with Crippen molar-refractivity contribution in [1.82, 2.24) is 9.88 Å². The number of amides is 1. The van der Waals surface area contributed by atoms with E-state index in [1.165, 1.54) is 5.56 Å². The molecule has 4 rings (SSSR count). The van der Waals surface area contributed by atoms with Gasteiger partial charge in [-0.25, -0.2) is 4.98 Å². The Kier molecular flexibility index (Phi) is 6.37. The quantitative estimate of drug-likeness (QED) is 0.535. The van der Waals surface area contributed by atoms with E-state index in [1.54, 1.807) is 11.3 Å². The Morgan fingerprint density at radius 2 is 1.86 bits per heavy atom. The summed E-state index contributed by atoms with van der Waals surface area (Å²) in [6, 6.07) is 18.5. The van der Waals surface area contributed by atoms with Crippen LogP contribution in [0.15, 0.2) is 67.3 Å². The fraction of sp³-hybridized carbons (Fsp3) is 0.333. The monoisotopic (exact) mass is 406 g/mol. The molecule has 0 unspecified atom stereocenters. The average Bonchev–Trinajstić information content (AvgIpc) is 3.21. The van der Waals surface area contributed by atoms with Crippen LogP contribution in [0.3, 0.4) is 0 Å². The molecule has 2 atom stereocenters. The molecule has 0 bridgehead atoms. The van der Waals surface area contributed by atoms with Crippen LogP contribution in [0.25, 0.3) is 10.2 Å². The third-order valence-corrected chi connectivity index (χ3v) is 6.62. The van der Waals surface area contributed by atoms with E-state index >= 15 is 0 Å². The van der Waals surface area contributed by atoms with Crippen molar-refractivity contribution in [3.05, 3.63) is 77.8 Å². The lowest BCUT2D eigenvalue weighted by molar-refractivity contribution is -0.137. The molecular formula is C24H26N2O2S. The summed E-state index contributed by atoms with van der Waals surface area (Å²) in [6.45, 7) is 6.56. The lowest BCUT2D eigenvalue weighted by Gasteiger charge is -2.32. The predicted molar refractivity (Wildman–Crippen MR) is 118 cm³/mol. The Morgan fingerprint density at radius 1 is 1.14 bits per heavy atom. The number of thiazole rings is 1. The Balaban J connectivity index is 1.63. The molecule has 1 aromatic heterocycles. The predicted octanol–water partition coefficient (Wildman–Crippen LogP) is 4.67. The fourth-order valence-corrected chi connectivity index (χ4v) is 5.01. The van der Waals surface area contributed by atoms with Gasteiger partial charge < -0.3 is 9.64 Å². The van der Waals surface area contributed by atoms with Crippen LogP contribution >= 0.6 is 11.3 Å². The molecule has 150 valence electrons. The van der Waals surface area contributed by atoms with Crippen molar-refractivity contribution in [2.75, 3.05) is 26.3 Å². The number of ether oxygens (including phenoxy) is 1. The minimum absolute atomic E-state index is 0.0334. The highest BCUT2D eigenvalue weighted by molar-refractivity contribution is 7.18. The zero-order valence-electron chi connectivity index (χ0n) is 16.5. The normalized spacial score (nSPS) is 16.5. The number of allylic oxidation sites excluding steroid dienone is 1. The van der Waals surface area contributed by atoms with Crippen molar-refractivity contribution in [3.8, 4) is 0 Å². The van der Waals surface area contributed by atoms with Gasteiger partial charge in [-0.05, 0) is 36.5 Å². The molecule has 0 N–H and O–H groups in total. The molecule has 29 heavy (non-hydrogen) atoms. The second-order valence-electron chi connectivity index (χ2n) is 7.36. The Bertz CT molecular complexity index is 930. The average molecular weight is 407 g/mol. The first-order valence-electron chi connectivity index (χ1n) is 10.1. The van der Waals surface area contributed by atoms with Crippen molar-refractivity contribution >= 4 is 27.5 Å². The second kappa shape index (κ2) is 9.33. The van der Waals surface area contributed by atoms with Gasteiger partial charge in [-0.1, -0.05) is 48.5 Å². The number of rotatable bonds is 7. The van der Waals surface area contributed by atoms with Crippen molar-refractivity contribution < 1.29 is 9.53 Å². The van der Waals surface area contributed by atoms with E-state index in [0.717, 1.165) is 28.1 Å². The van der Waals surface area contributed by atoms with Crippen LogP contribution in [-0.2, 0) is 16.0 Å². The summed E-state index contributed by atoms with van der Waals surface area (Å²) >= 11 is 1.63. The van der Waals surface area contributed by atoms with E-state index in [2.05, 4.69) is 36.9 Å². The number of hydrogen-bond donors (Lipinski definition) is 0. The topological polar surface area (TPSA) is 42.4 Å². The van der Waals surface area contributed by atoms with E-state index in [-0.39, 0.29) is 17.7 Å². The highest BCUT2D eigenvalue weighted by atomic mass is 32.1. The first-order chi connectivity index (χ1) is 14.3. The SMILES string of the molecule is C=C[C@H](CCc1ccccc1)[C@H](C(=O)N1CCOCC1)c1nc2ccccc2s1. The zero-order valence-corrected chi connectivity index (χ0v) is 17.3. The molecule has 1 aliphatic heterocycles. The Morgan fingerprint density at radius 3 is 2.59 bits per heavy atom. The minimum Gasteiger partial charge on any atom is -0.378 e. The number of carbonyl (C=O) groups excluding carboxylic acids is 1. The van der Waals surface area contributed by atoms with Gasteiger partial charge in [-0.15, -0.1) is 17.9 Å². The van der Waals surface area contributed by atoms with E-state index in [4.69, 9.17) is 9.72 Å². The minimum atomic E-state index is -0.299. The number of nitrogens with zero attached hydrogens (tertiary/aromatic N) is 2. The molecule has 0 aliphatic carbocycles. The van der Waals surface area contributed by atoms with Crippen LogP contribution < -0.4 is 0 Å². The highest BCUT2D eigenvalue weighted by Crippen LogP contribution is 2.36. The number of benzene rings is 2. The van der Waals surface area contributed by atoms with Crippen LogP contribution in [0.1, 0.15) is 22.9 Å². The summed E-state index contributed by atoms with van der Waals surface area (Å²) in [5.74, 6) is -0.122. The summed E-state index contributed by atoms with van der Waals surface area (Å²) < 4.78 is 6.57. The summed E-state index contributed by atoms with van der Waals surface area (Å²) in [4.78, 5) is 20.4.